The summed E-state index contributed by atoms with van der Waals surface area (Å²) in [6.07, 6.45) is 1.53. The van der Waals surface area contributed by atoms with E-state index in [0.717, 1.165) is 5.56 Å². The average Bonchev–Trinajstić information content (AvgIpc) is 2.49. The molecule has 110 valence electrons. The van der Waals surface area contributed by atoms with Crippen molar-refractivity contribution in [1.29, 1.82) is 0 Å². The zero-order valence-corrected chi connectivity index (χ0v) is 12.9. The standard InChI is InChI=1S/C17H18O3S/c1-13-8-6-7-11-15(13)20-12-16(21(2)19)17(18)14-9-4-3-5-10-14/h3-11,16H,12H2,1-2H3. The summed E-state index contributed by atoms with van der Waals surface area (Å²) >= 11 is -1.29. The number of aryl methyl sites for hydroxylation is 1. The van der Waals surface area contributed by atoms with Gasteiger partial charge in [-0.05, 0) is 29.7 Å². The first kappa shape index (κ1) is 15.6. The maximum Gasteiger partial charge on any atom is 0.218 e. The van der Waals surface area contributed by atoms with Crippen molar-refractivity contribution in [2.45, 2.75) is 12.2 Å². The molecule has 0 aliphatic heterocycles. The van der Waals surface area contributed by atoms with Crippen molar-refractivity contribution in [2.75, 3.05) is 12.9 Å². The molecule has 0 radical (unpaired) electrons. The van der Waals surface area contributed by atoms with Crippen LogP contribution in [0.15, 0.2) is 54.6 Å². The fraction of sp³-hybridized carbons (Fsp3) is 0.235. The zero-order valence-electron chi connectivity index (χ0n) is 12.1. The van der Waals surface area contributed by atoms with Crippen LogP contribution in [-0.4, -0.2) is 28.4 Å². The Bertz CT molecular complexity index is 596. The number of hydrogen-bond acceptors (Lipinski definition) is 3. The highest BCUT2D eigenvalue weighted by Crippen LogP contribution is 2.18. The van der Waals surface area contributed by atoms with E-state index in [4.69, 9.17) is 4.74 Å². The van der Waals surface area contributed by atoms with Crippen molar-refractivity contribution >= 4 is 17.0 Å². The van der Waals surface area contributed by atoms with Crippen molar-refractivity contribution in [3.05, 3.63) is 65.7 Å². The molecule has 0 aliphatic rings. The van der Waals surface area contributed by atoms with Crippen LogP contribution < -0.4 is 4.74 Å². The molecule has 2 aromatic carbocycles. The number of benzene rings is 2. The highest BCUT2D eigenvalue weighted by atomic mass is 32.2. The lowest BCUT2D eigenvalue weighted by molar-refractivity contribution is 0.0966. The first-order valence-electron chi connectivity index (χ1n) is 6.69. The minimum absolute atomic E-state index is 0.113. The third kappa shape index (κ3) is 4.09. The summed E-state index contributed by atoms with van der Waals surface area (Å²) in [7, 11) is 0. The first-order chi connectivity index (χ1) is 10.1. The van der Waals surface area contributed by atoms with Crippen molar-refractivity contribution in [3.8, 4) is 5.75 Å². The van der Waals surface area contributed by atoms with Crippen molar-refractivity contribution in [3.63, 3.8) is 0 Å². The predicted octanol–water partition coefficient (Wildman–Crippen LogP) is 3.00. The Morgan fingerprint density at radius 1 is 1.14 bits per heavy atom. The molecule has 21 heavy (non-hydrogen) atoms. The van der Waals surface area contributed by atoms with E-state index in [0.29, 0.717) is 11.3 Å². The maximum atomic E-state index is 12.4. The van der Waals surface area contributed by atoms with Crippen LogP contribution in [0.1, 0.15) is 15.9 Å². The molecule has 0 saturated heterocycles. The molecule has 0 aliphatic carbocycles. The molecular weight excluding hydrogens is 284 g/mol. The average molecular weight is 302 g/mol. The normalized spacial score (nSPS) is 13.5. The fourth-order valence-corrected chi connectivity index (χ4v) is 2.69. The van der Waals surface area contributed by atoms with E-state index in [1.165, 1.54) is 6.26 Å². The number of Topliss-reactive ketones (excluding diaryl/α,β-unsaturated/α-hetero) is 1. The van der Waals surface area contributed by atoms with Crippen LogP contribution in [0.25, 0.3) is 0 Å². The van der Waals surface area contributed by atoms with E-state index in [9.17, 15) is 9.35 Å². The summed E-state index contributed by atoms with van der Waals surface area (Å²) in [5, 5.41) is -0.660. The van der Waals surface area contributed by atoms with Gasteiger partial charge in [-0.25, -0.2) is 0 Å². The van der Waals surface area contributed by atoms with Crippen LogP contribution in [0.2, 0.25) is 0 Å². The van der Waals surface area contributed by atoms with E-state index in [-0.39, 0.29) is 12.4 Å². The fourth-order valence-electron chi connectivity index (χ4n) is 1.99. The number of carbonyl (C=O) groups is 1. The number of para-hydroxylation sites is 1. The Hall–Kier alpha value is -1.78. The molecule has 3 nitrogen and oxygen atoms in total. The van der Waals surface area contributed by atoms with Crippen molar-refractivity contribution in [2.24, 2.45) is 0 Å². The lowest BCUT2D eigenvalue weighted by Gasteiger charge is -2.18. The summed E-state index contributed by atoms with van der Waals surface area (Å²) in [5.74, 6) is 0.568. The SMILES string of the molecule is Cc1ccccc1OCC(C(=O)c1ccccc1)[S+](C)[O-]. The van der Waals surface area contributed by atoms with Gasteiger partial charge in [0.25, 0.3) is 0 Å². The molecule has 4 heteroatoms. The quantitative estimate of drug-likeness (QED) is 0.609. The van der Waals surface area contributed by atoms with Crippen LogP contribution >= 0.6 is 0 Å². The molecule has 0 N–H and O–H groups in total. The van der Waals surface area contributed by atoms with Gasteiger partial charge in [0.1, 0.15) is 12.4 Å². The largest absolute Gasteiger partial charge is 0.616 e. The molecular formula is C17H18O3S. The van der Waals surface area contributed by atoms with Gasteiger partial charge < -0.3 is 9.29 Å². The second-order valence-corrected chi connectivity index (χ2v) is 6.36. The third-order valence-electron chi connectivity index (χ3n) is 3.24. The summed E-state index contributed by atoms with van der Waals surface area (Å²) in [4.78, 5) is 12.4. The summed E-state index contributed by atoms with van der Waals surface area (Å²) in [6.45, 7) is 2.05. The Kier molecular flexibility index (Phi) is 5.42. The monoisotopic (exact) mass is 302 g/mol. The second kappa shape index (κ2) is 7.29. The smallest absolute Gasteiger partial charge is 0.218 e. The molecule has 0 fully saturated rings. The Labute approximate surface area is 128 Å². The van der Waals surface area contributed by atoms with Crippen LogP contribution in [0.3, 0.4) is 0 Å². The zero-order chi connectivity index (χ0) is 15.2. The summed E-state index contributed by atoms with van der Waals surface area (Å²) in [5.41, 5.74) is 1.55. The molecule has 0 spiro atoms. The molecule has 0 bridgehead atoms. The Morgan fingerprint density at radius 3 is 2.38 bits per heavy atom. The highest BCUT2D eigenvalue weighted by Gasteiger charge is 2.29. The van der Waals surface area contributed by atoms with Gasteiger partial charge in [-0.2, -0.15) is 0 Å². The Balaban J connectivity index is 2.10. The van der Waals surface area contributed by atoms with E-state index in [1.807, 2.05) is 37.3 Å². The number of rotatable bonds is 6. The van der Waals surface area contributed by atoms with E-state index in [2.05, 4.69) is 0 Å². The first-order valence-corrected chi connectivity index (χ1v) is 8.31. The number of ether oxygens (including phenoxy) is 1. The van der Waals surface area contributed by atoms with Gasteiger partial charge in [-0.3, -0.25) is 4.79 Å². The lowest BCUT2D eigenvalue weighted by Crippen LogP contribution is -2.35. The third-order valence-corrected chi connectivity index (χ3v) is 4.39. The van der Waals surface area contributed by atoms with Gasteiger partial charge >= 0.3 is 0 Å². The van der Waals surface area contributed by atoms with E-state index in [1.54, 1.807) is 24.3 Å². The topological polar surface area (TPSA) is 49.4 Å². The van der Waals surface area contributed by atoms with Crippen LogP contribution in [-0.2, 0) is 11.2 Å². The number of ketones is 1. The van der Waals surface area contributed by atoms with Gasteiger partial charge in [0, 0.05) is 5.56 Å². The highest BCUT2D eigenvalue weighted by molar-refractivity contribution is 7.92. The van der Waals surface area contributed by atoms with E-state index >= 15 is 0 Å². The minimum Gasteiger partial charge on any atom is -0.616 e. The van der Waals surface area contributed by atoms with Gasteiger partial charge in [0.2, 0.25) is 11.0 Å². The van der Waals surface area contributed by atoms with Crippen LogP contribution in [0, 0.1) is 6.92 Å². The lowest BCUT2D eigenvalue weighted by atomic mass is 10.1. The number of carbonyl (C=O) groups excluding carboxylic acids is 1. The number of hydrogen-bond donors (Lipinski definition) is 0. The summed E-state index contributed by atoms with van der Waals surface area (Å²) < 4.78 is 17.6. The van der Waals surface area contributed by atoms with Gasteiger partial charge in [-0.1, -0.05) is 48.5 Å². The van der Waals surface area contributed by atoms with Gasteiger partial charge in [0.05, 0.1) is 6.26 Å². The Morgan fingerprint density at radius 2 is 1.76 bits per heavy atom. The molecule has 2 aromatic rings. The second-order valence-electron chi connectivity index (χ2n) is 4.79. The minimum atomic E-state index is -1.29. The predicted molar refractivity (Wildman–Crippen MR) is 85.3 cm³/mol. The molecule has 2 atom stereocenters. The molecule has 0 aromatic heterocycles. The molecule has 0 saturated carbocycles. The molecule has 0 heterocycles. The van der Waals surface area contributed by atoms with Crippen LogP contribution in [0.5, 0.6) is 5.75 Å². The van der Waals surface area contributed by atoms with Crippen LogP contribution in [0.4, 0.5) is 0 Å². The maximum absolute atomic E-state index is 12.4. The van der Waals surface area contributed by atoms with Gasteiger partial charge in [0.15, 0.2) is 0 Å². The van der Waals surface area contributed by atoms with Gasteiger partial charge in [-0.15, -0.1) is 0 Å². The van der Waals surface area contributed by atoms with Crippen molar-refractivity contribution < 1.29 is 14.1 Å². The van der Waals surface area contributed by atoms with Crippen molar-refractivity contribution in [1.82, 2.24) is 0 Å². The molecule has 2 rings (SSSR count). The summed E-state index contributed by atoms with van der Waals surface area (Å²) in [6, 6.07) is 16.5. The molecule has 0 amide bonds. The molecule has 2 unspecified atom stereocenters. The van der Waals surface area contributed by atoms with E-state index < -0.39 is 16.4 Å².